The van der Waals surface area contributed by atoms with Crippen LogP contribution in [0.5, 0.6) is 0 Å². The highest BCUT2D eigenvalue weighted by atomic mass is 32.1. The minimum absolute atomic E-state index is 0.123. The van der Waals surface area contributed by atoms with Gasteiger partial charge in [0.15, 0.2) is 0 Å². The van der Waals surface area contributed by atoms with E-state index in [9.17, 15) is 27.9 Å². The molecule has 1 aliphatic heterocycles. The molecule has 2 aromatic heterocycles. The normalized spacial score (nSPS) is 18.2. The first kappa shape index (κ1) is 18.4. The van der Waals surface area contributed by atoms with Crippen molar-refractivity contribution in [3.63, 3.8) is 0 Å². The molecule has 0 spiro atoms. The molecule has 3 rings (SSSR count). The lowest BCUT2D eigenvalue weighted by molar-refractivity contribution is -0.144. The number of carbonyl (C=O) groups is 2. The summed E-state index contributed by atoms with van der Waals surface area (Å²) in [6.45, 7) is 0.352. The maximum absolute atomic E-state index is 12.9. The van der Waals surface area contributed by atoms with E-state index in [0.717, 1.165) is 34.9 Å². The van der Waals surface area contributed by atoms with Crippen molar-refractivity contribution in [3.05, 3.63) is 28.8 Å². The van der Waals surface area contributed by atoms with Crippen molar-refractivity contribution in [1.29, 1.82) is 0 Å². The summed E-state index contributed by atoms with van der Waals surface area (Å²) in [5, 5.41) is 13.2. The Morgan fingerprint density at radius 3 is 2.65 bits per heavy atom. The second kappa shape index (κ2) is 6.75. The van der Waals surface area contributed by atoms with Gasteiger partial charge >= 0.3 is 12.1 Å². The summed E-state index contributed by atoms with van der Waals surface area (Å²) in [5.74, 6) is -1.46. The maximum atomic E-state index is 12.9. The number of hydrogen-bond donors (Lipinski definition) is 1. The second-order valence-corrected chi connectivity index (χ2v) is 7.13. The fraction of sp³-hybridized carbons (Fsp3) is 0.438. The number of rotatable bonds is 3. The lowest BCUT2D eigenvalue weighted by Crippen LogP contribution is -2.47. The average molecular weight is 387 g/mol. The summed E-state index contributed by atoms with van der Waals surface area (Å²) < 4.78 is 39.4. The zero-order valence-electron chi connectivity index (χ0n) is 13.8. The Kier molecular flexibility index (Phi) is 4.78. The first-order chi connectivity index (χ1) is 12.2. The monoisotopic (exact) mass is 387 g/mol. The van der Waals surface area contributed by atoms with Crippen LogP contribution in [-0.2, 0) is 18.0 Å². The molecule has 6 nitrogen and oxygen atoms in total. The predicted octanol–water partition coefficient (Wildman–Crippen LogP) is 3.25. The highest BCUT2D eigenvalue weighted by Gasteiger charge is 2.36. The quantitative estimate of drug-likeness (QED) is 0.877. The average Bonchev–Trinajstić information content (AvgIpc) is 3.20. The Morgan fingerprint density at radius 1 is 1.31 bits per heavy atom. The van der Waals surface area contributed by atoms with Crippen LogP contribution in [0, 0.1) is 0 Å². The molecule has 1 fully saturated rings. The van der Waals surface area contributed by atoms with Crippen LogP contribution in [0.1, 0.15) is 34.6 Å². The number of likely N-dealkylation sites (tertiary alicyclic amines) is 1. The third-order valence-electron chi connectivity index (χ3n) is 4.29. The number of halogens is 3. The molecule has 3 heterocycles. The standard InChI is InChI=1S/C16H16F3N3O3S/c1-21-13(16(17,18)19)8-9(20-21)11-5-6-12(26-11)14(23)22-7-3-2-4-10(22)15(24)25/h5-6,8,10H,2-4,7H2,1H3,(H,24,25). The highest BCUT2D eigenvalue weighted by molar-refractivity contribution is 7.17. The van der Waals surface area contributed by atoms with Crippen LogP contribution in [0.25, 0.3) is 10.6 Å². The van der Waals surface area contributed by atoms with Crippen molar-refractivity contribution in [2.45, 2.75) is 31.5 Å². The first-order valence-electron chi connectivity index (χ1n) is 7.93. The molecule has 0 radical (unpaired) electrons. The predicted molar refractivity (Wildman–Crippen MR) is 87.8 cm³/mol. The molecule has 0 aromatic carbocycles. The number of carboxylic acids is 1. The Hall–Kier alpha value is -2.36. The van der Waals surface area contributed by atoms with E-state index in [1.54, 1.807) is 0 Å². The number of carbonyl (C=O) groups excluding carboxylic acids is 1. The van der Waals surface area contributed by atoms with Gasteiger partial charge in [-0.25, -0.2) is 4.79 Å². The lowest BCUT2D eigenvalue weighted by atomic mass is 10.0. The smallest absolute Gasteiger partial charge is 0.433 e. The van der Waals surface area contributed by atoms with Crippen molar-refractivity contribution in [2.75, 3.05) is 6.54 Å². The number of nitrogens with zero attached hydrogens (tertiary/aromatic N) is 3. The minimum atomic E-state index is -4.52. The van der Waals surface area contributed by atoms with Crippen LogP contribution in [-0.4, -0.2) is 44.3 Å². The van der Waals surface area contributed by atoms with Crippen LogP contribution >= 0.6 is 11.3 Å². The summed E-state index contributed by atoms with van der Waals surface area (Å²) in [5.41, 5.74) is -0.756. The molecule has 1 amide bonds. The van der Waals surface area contributed by atoms with E-state index in [2.05, 4.69) is 5.10 Å². The SMILES string of the molecule is Cn1nc(-c2ccc(C(=O)N3CCCCC3C(=O)O)s2)cc1C(F)(F)F. The van der Waals surface area contributed by atoms with Gasteiger partial charge in [0.25, 0.3) is 5.91 Å². The van der Waals surface area contributed by atoms with Crippen molar-refractivity contribution in [2.24, 2.45) is 7.05 Å². The van der Waals surface area contributed by atoms with Crippen LogP contribution in [0.4, 0.5) is 13.2 Å². The van der Waals surface area contributed by atoms with Gasteiger partial charge in [-0.1, -0.05) is 0 Å². The summed E-state index contributed by atoms with van der Waals surface area (Å²) in [7, 11) is 1.21. The largest absolute Gasteiger partial charge is 0.480 e. The topological polar surface area (TPSA) is 75.4 Å². The Labute approximate surface area is 150 Å². The number of aromatic nitrogens is 2. The third kappa shape index (κ3) is 3.46. The fourth-order valence-corrected chi connectivity index (χ4v) is 3.93. The summed E-state index contributed by atoms with van der Waals surface area (Å²) in [4.78, 5) is 26.0. The van der Waals surface area contributed by atoms with Gasteiger partial charge in [0.05, 0.1) is 9.75 Å². The Morgan fingerprint density at radius 2 is 2.04 bits per heavy atom. The number of alkyl halides is 3. The molecule has 0 bridgehead atoms. The summed E-state index contributed by atoms with van der Waals surface area (Å²) in [6, 6.07) is 3.09. The molecule has 10 heteroatoms. The van der Waals surface area contributed by atoms with E-state index in [0.29, 0.717) is 17.8 Å². The van der Waals surface area contributed by atoms with Crippen molar-refractivity contribution in [3.8, 4) is 10.6 Å². The second-order valence-electron chi connectivity index (χ2n) is 6.05. The molecule has 140 valence electrons. The van der Waals surface area contributed by atoms with Gasteiger partial charge in [0.1, 0.15) is 17.4 Å². The molecule has 1 N–H and O–H groups in total. The highest BCUT2D eigenvalue weighted by Crippen LogP contribution is 2.34. The number of piperidine rings is 1. The number of thiophene rings is 1. The van der Waals surface area contributed by atoms with Gasteiger partial charge in [-0.3, -0.25) is 9.48 Å². The molecule has 1 aliphatic rings. The maximum Gasteiger partial charge on any atom is 0.433 e. The van der Waals surface area contributed by atoms with Crippen molar-refractivity contribution < 1.29 is 27.9 Å². The van der Waals surface area contributed by atoms with Crippen LogP contribution < -0.4 is 0 Å². The summed E-state index contributed by atoms with van der Waals surface area (Å²) >= 11 is 1.01. The minimum Gasteiger partial charge on any atom is -0.480 e. The van der Waals surface area contributed by atoms with Crippen LogP contribution in [0.2, 0.25) is 0 Å². The van der Waals surface area contributed by atoms with Gasteiger partial charge in [-0.2, -0.15) is 18.3 Å². The molecule has 2 aromatic rings. The van der Waals surface area contributed by atoms with Crippen molar-refractivity contribution >= 4 is 23.2 Å². The zero-order chi connectivity index (χ0) is 19.1. The Balaban J connectivity index is 1.86. The number of aryl methyl sites for hydroxylation is 1. The van der Waals surface area contributed by atoms with E-state index in [1.807, 2.05) is 0 Å². The third-order valence-corrected chi connectivity index (χ3v) is 5.38. The lowest BCUT2D eigenvalue weighted by Gasteiger charge is -2.32. The molecule has 0 aliphatic carbocycles. The Bertz CT molecular complexity index is 843. The molecule has 1 atom stereocenters. The number of carboxylic acid groups (broad SMARTS) is 1. The van der Waals surface area contributed by atoms with E-state index >= 15 is 0 Å². The molecule has 1 saturated heterocycles. The van der Waals surface area contributed by atoms with E-state index in [4.69, 9.17) is 0 Å². The molecule has 0 saturated carbocycles. The number of amides is 1. The van der Waals surface area contributed by atoms with Gasteiger partial charge in [0, 0.05) is 13.6 Å². The first-order valence-corrected chi connectivity index (χ1v) is 8.75. The molecular formula is C16H16F3N3O3S. The van der Waals surface area contributed by atoms with Crippen molar-refractivity contribution in [1.82, 2.24) is 14.7 Å². The van der Waals surface area contributed by atoms with Crippen LogP contribution in [0.15, 0.2) is 18.2 Å². The van der Waals surface area contributed by atoms with Gasteiger partial charge in [-0.15, -0.1) is 11.3 Å². The summed E-state index contributed by atoms with van der Waals surface area (Å²) in [6.07, 6.45) is -2.65. The van der Waals surface area contributed by atoms with E-state index in [-0.39, 0.29) is 10.6 Å². The van der Waals surface area contributed by atoms with Gasteiger partial charge in [0.2, 0.25) is 0 Å². The van der Waals surface area contributed by atoms with Crippen LogP contribution in [0.3, 0.4) is 0 Å². The van der Waals surface area contributed by atoms with Gasteiger partial charge < -0.3 is 10.0 Å². The van der Waals surface area contributed by atoms with E-state index in [1.165, 1.54) is 24.1 Å². The number of aliphatic carboxylic acids is 1. The zero-order valence-corrected chi connectivity index (χ0v) is 14.6. The molecular weight excluding hydrogens is 371 g/mol. The van der Waals surface area contributed by atoms with Gasteiger partial charge in [-0.05, 0) is 37.5 Å². The molecule has 1 unspecified atom stereocenters. The van der Waals surface area contributed by atoms with E-state index < -0.39 is 29.8 Å². The fourth-order valence-electron chi connectivity index (χ4n) is 3.02. The molecule has 26 heavy (non-hydrogen) atoms. The number of hydrogen-bond acceptors (Lipinski definition) is 4.